The van der Waals surface area contributed by atoms with Gasteiger partial charge in [0.25, 0.3) is 0 Å². The number of anilines is 1. The predicted molar refractivity (Wildman–Crippen MR) is 157 cm³/mol. The van der Waals surface area contributed by atoms with Crippen LogP contribution < -0.4 is 10.2 Å². The molecule has 4 heterocycles. The highest BCUT2D eigenvalue weighted by Crippen LogP contribution is 2.38. The number of para-hydroxylation sites is 1. The number of sulfonamides is 1. The number of piperazine rings is 1. The second-order valence-electron chi connectivity index (χ2n) is 10.4. The molecule has 0 saturated carbocycles. The minimum Gasteiger partial charge on any atom is -0.366 e. The molecule has 1 atom stereocenters. The van der Waals surface area contributed by atoms with Gasteiger partial charge in [-0.1, -0.05) is 23.5 Å². The molecule has 1 aliphatic heterocycles. The van der Waals surface area contributed by atoms with Gasteiger partial charge >= 0.3 is 11.0 Å². The second-order valence-corrected chi connectivity index (χ2v) is 13.4. The Balaban J connectivity index is 1.14. The monoisotopic (exact) mass is 632 g/mol. The Morgan fingerprint density at radius 2 is 1.86 bits per heavy atom. The van der Waals surface area contributed by atoms with Gasteiger partial charge < -0.3 is 10.3 Å². The Kier molecular flexibility index (Phi) is 7.48. The van der Waals surface area contributed by atoms with Crippen LogP contribution in [0, 0.1) is 0 Å². The molecule has 1 fully saturated rings. The lowest BCUT2D eigenvalue weighted by atomic mass is 10.0. The highest BCUT2D eigenvalue weighted by atomic mass is 32.2. The van der Waals surface area contributed by atoms with E-state index >= 15 is 0 Å². The summed E-state index contributed by atoms with van der Waals surface area (Å²) >= 11 is 0.972. The number of aromatic nitrogens is 5. The van der Waals surface area contributed by atoms with Crippen LogP contribution in [0.2, 0.25) is 0 Å². The Morgan fingerprint density at radius 3 is 2.60 bits per heavy atom. The smallest absolute Gasteiger partial charge is 0.366 e. The van der Waals surface area contributed by atoms with Crippen LogP contribution in [0.25, 0.3) is 32.2 Å². The molecular formula is C27H27F3N8O3S2. The van der Waals surface area contributed by atoms with E-state index in [2.05, 4.69) is 30.3 Å². The van der Waals surface area contributed by atoms with Crippen LogP contribution in [0.5, 0.6) is 0 Å². The number of thiazole rings is 1. The Hall–Kier alpha value is -3.86. The molecule has 0 spiro atoms. The van der Waals surface area contributed by atoms with Crippen molar-refractivity contribution in [3.63, 3.8) is 0 Å². The van der Waals surface area contributed by atoms with E-state index in [0.717, 1.165) is 16.0 Å². The number of aromatic amines is 1. The van der Waals surface area contributed by atoms with Gasteiger partial charge in [0.15, 0.2) is 5.69 Å². The van der Waals surface area contributed by atoms with Crippen LogP contribution in [0.15, 0.2) is 58.6 Å². The van der Waals surface area contributed by atoms with Crippen molar-refractivity contribution in [1.29, 1.82) is 0 Å². The number of rotatable bonds is 7. The summed E-state index contributed by atoms with van der Waals surface area (Å²) in [4.78, 5) is 25.0. The number of aryl methyl sites for hydroxylation is 1. The van der Waals surface area contributed by atoms with Gasteiger partial charge in [-0.3, -0.25) is 14.4 Å². The highest BCUT2D eigenvalue weighted by Gasteiger charge is 2.38. The zero-order valence-electron chi connectivity index (χ0n) is 23.1. The summed E-state index contributed by atoms with van der Waals surface area (Å²) in [7, 11) is -2.28. The molecule has 6 rings (SSSR count). The van der Waals surface area contributed by atoms with Crippen LogP contribution in [-0.4, -0.2) is 81.1 Å². The third-order valence-electron chi connectivity index (χ3n) is 7.33. The van der Waals surface area contributed by atoms with E-state index in [1.54, 1.807) is 24.3 Å². The summed E-state index contributed by atoms with van der Waals surface area (Å²) in [6, 6.07) is 9.53. The van der Waals surface area contributed by atoms with Gasteiger partial charge in [0.1, 0.15) is 12.1 Å². The van der Waals surface area contributed by atoms with E-state index in [-0.39, 0.29) is 21.4 Å². The van der Waals surface area contributed by atoms with E-state index in [9.17, 15) is 26.4 Å². The number of halogens is 3. The normalized spacial score (nSPS) is 16.2. The fraction of sp³-hybridized carbons (Fsp3) is 0.333. The largest absolute Gasteiger partial charge is 0.435 e. The number of nitrogens with zero attached hydrogens (tertiary/aromatic N) is 6. The fourth-order valence-electron chi connectivity index (χ4n) is 5.37. The molecule has 0 amide bonds. The molecule has 43 heavy (non-hydrogen) atoms. The van der Waals surface area contributed by atoms with E-state index in [1.165, 1.54) is 36.0 Å². The van der Waals surface area contributed by atoms with Crippen molar-refractivity contribution in [2.45, 2.75) is 24.0 Å². The van der Waals surface area contributed by atoms with E-state index in [0.29, 0.717) is 65.2 Å². The first-order chi connectivity index (χ1) is 20.4. The molecule has 1 saturated heterocycles. The first kappa shape index (κ1) is 29.2. The molecule has 0 radical (unpaired) electrons. The lowest BCUT2D eigenvalue weighted by Crippen LogP contribution is -2.50. The molecule has 0 bridgehead atoms. The van der Waals surface area contributed by atoms with E-state index in [4.69, 9.17) is 0 Å². The topological polar surface area (TPSA) is 129 Å². The van der Waals surface area contributed by atoms with Gasteiger partial charge in [-0.25, -0.2) is 18.4 Å². The van der Waals surface area contributed by atoms with E-state index in [1.807, 2.05) is 6.92 Å². The number of alkyl halides is 3. The number of hydrogen-bond acceptors (Lipinski definition) is 9. The lowest BCUT2D eigenvalue weighted by molar-refractivity contribution is -0.140. The van der Waals surface area contributed by atoms with Crippen LogP contribution in [-0.2, 0) is 23.2 Å². The summed E-state index contributed by atoms with van der Waals surface area (Å²) in [6.45, 7) is 4.19. The van der Waals surface area contributed by atoms with Crippen molar-refractivity contribution in [2.24, 2.45) is 7.05 Å². The highest BCUT2D eigenvalue weighted by molar-refractivity contribution is 7.89. The van der Waals surface area contributed by atoms with Crippen LogP contribution >= 0.6 is 11.3 Å². The standard InChI is InChI=1S/C27H27F3N8O3S2/c1-16(13-37-8-10-38(11-9-37)43(40,41)17-6-7-21-22(12-17)42-26(39)34-21)33-25-19-5-3-4-18(23(19)31-15-32-25)20-14-36(2)35-24(20)27(28,29)30/h3-7,12,14-16H,8-11,13H2,1-2H3,(H,34,39)(H,31,32,33)/t16-/m0/s1. The fourth-order valence-corrected chi connectivity index (χ4v) is 7.67. The number of fused-ring (bicyclic) bond motifs is 2. The summed E-state index contributed by atoms with van der Waals surface area (Å²) in [5.74, 6) is 0.487. The SMILES string of the molecule is C[C@@H](CN1CCN(S(=O)(=O)c2ccc3[nH]c(=O)sc3c2)CC1)Nc1ncnc2c(-c3cn(C)nc3C(F)(F)F)cccc12. The number of nitrogens with one attached hydrogen (secondary N) is 2. The molecule has 226 valence electrons. The molecular weight excluding hydrogens is 605 g/mol. The number of benzene rings is 2. The quantitative estimate of drug-likeness (QED) is 0.278. The van der Waals surface area contributed by atoms with Crippen LogP contribution in [0.3, 0.4) is 0 Å². The zero-order valence-corrected chi connectivity index (χ0v) is 24.7. The maximum absolute atomic E-state index is 13.7. The summed E-state index contributed by atoms with van der Waals surface area (Å²) in [5.41, 5.74) is 0.242. The van der Waals surface area contributed by atoms with Crippen molar-refractivity contribution in [3.8, 4) is 11.1 Å². The Bertz CT molecular complexity index is 1980. The first-order valence-corrected chi connectivity index (χ1v) is 15.6. The molecule has 1 aliphatic rings. The Morgan fingerprint density at radius 1 is 1.09 bits per heavy atom. The molecule has 2 aromatic carbocycles. The summed E-state index contributed by atoms with van der Waals surface area (Å²) in [6.07, 6.45) is -1.98. The minimum atomic E-state index is -4.62. The van der Waals surface area contributed by atoms with Gasteiger partial charge in [-0.15, -0.1) is 0 Å². The molecule has 16 heteroatoms. The molecule has 11 nitrogen and oxygen atoms in total. The third kappa shape index (κ3) is 5.74. The van der Waals surface area contributed by atoms with Gasteiger partial charge in [0, 0.05) is 68.5 Å². The third-order valence-corrected chi connectivity index (χ3v) is 10.1. The zero-order chi connectivity index (χ0) is 30.5. The van der Waals surface area contributed by atoms with Gasteiger partial charge in [-0.05, 0) is 31.2 Å². The van der Waals surface area contributed by atoms with Crippen molar-refractivity contribution in [1.82, 2.24) is 33.9 Å². The van der Waals surface area contributed by atoms with Crippen molar-refractivity contribution in [2.75, 3.05) is 38.0 Å². The first-order valence-electron chi connectivity index (χ1n) is 13.4. The van der Waals surface area contributed by atoms with Crippen molar-refractivity contribution in [3.05, 3.63) is 64.3 Å². The van der Waals surface area contributed by atoms with Crippen molar-refractivity contribution >= 4 is 48.3 Å². The summed E-state index contributed by atoms with van der Waals surface area (Å²) in [5, 5.41) is 7.55. The van der Waals surface area contributed by atoms with Crippen LogP contribution in [0.4, 0.5) is 19.0 Å². The van der Waals surface area contributed by atoms with Crippen molar-refractivity contribution < 1.29 is 21.6 Å². The van der Waals surface area contributed by atoms with Gasteiger partial charge in [-0.2, -0.15) is 22.6 Å². The number of hydrogen-bond donors (Lipinski definition) is 2. The predicted octanol–water partition coefficient (Wildman–Crippen LogP) is 3.76. The second kappa shape index (κ2) is 11.0. The average molecular weight is 633 g/mol. The molecule has 0 aliphatic carbocycles. The van der Waals surface area contributed by atoms with Gasteiger partial charge in [0.2, 0.25) is 10.0 Å². The molecule has 3 aromatic heterocycles. The summed E-state index contributed by atoms with van der Waals surface area (Å²) < 4.78 is 70.8. The molecule has 5 aromatic rings. The Labute approximate surface area is 248 Å². The van der Waals surface area contributed by atoms with E-state index < -0.39 is 21.9 Å². The molecule has 2 N–H and O–H groups in total. The maximum Gasteiger partial charge on any atom is 0.435 e. The number of H-pyrrole nitrogens is 1. The molecule has 0 unspecified atom stereocenters. The van der Waals surface area contributed by atoms with Gasteiger partial charge in [0.05, 0.1) is 20.6 Å². The minimum absolute atomic E-state index is 0.0603. The maximum atomic E-state index is 13.7. The lowest BCUT2D eigenvalue weighted by Gasteiger charge is -2.35. The van der Waals surface area contributed by atoms with Crippen LogP contribution in [0.1, 0.15) is 12.6 Å². The average Bonchev–Trinajstić information content (AvgIpc) is 3.54.